The molecular weight excluding hydrogens is 386 g/mol. The molecule has 8 nitrogen and oxygen atoms in total. The molecule has 0 radical (unpaired) electrons. The van der Waals surface area contributed by atoms with Crippen LogP contribution in [0.3, 0.4) is 0 Å². The SMILES string of the molecule is O=C(Cn1nc(-c2ccccc2)c2ccccc2c1=O)N[C@@H]1CO[C@H]2[C@@H]1OC[C@H]2O. The van der Waals surface area contributed by atoms with Crippen molar-refractivity contribution in [1.82, 2.24) is 15.1 Å². The highest BCUT2D eigenvalue weighted by Crippen LogP contribution is 2.27. The van der Waals surface area contributed by atoms with Gasteiger partial charge in [0.25, 0.3) is 5.56 Å². The average molecular weight is 407 g/mol. The normalized spacial score (nSPS) is 25.4. The molecule has 0 spiro atoms. The van der Waals surface area contributed by atoms with E-state index in [-0.39, 0.29) is 43.4 Å². The number of rotatable bonds is 4. The van der Waals surface area contributed by atoms with Gasteiger partial charge in [-0.05, 0) is 6.07 Å². The molecule has 2 fully saturated rings. The molecular formula is C22H21N3O5. The third-order valence-corrected chi connectivity index (χ3v) is 5.58. The largest absolute Gasteiger partial charge is 0.388 e. The van der Waals surface area contributed by atoms with Crippen molar-refractivity contribution in [3.8, 4) is 11.3 Å². The van der Waals surface area contributed by atoms with Crippen LogP contribution in [0.5, 0.6) is 0 Å². The van der Waals surface area contributed by atoms with Gasteiger partial charge in [0.1, 0.15) is 24.9 Å². The number of nitrogens with one attached hydrogen (secondary N) is 1. The third kappa shape index (κ3) is 3.28. The Morgan fingerprint density at radius 3 is 2.53 bits per heavy atom. The minimum Gasteiger partial charge on any atom is -0.388 e. The second-order valence-electron chi connectivity index (χ2n) is 7.56. The number of aliphatic hydroxyl groups excluding tert-OH is 1. The van der Waals surface area contributed by atoms with Gasteiger partial charge in [0.15, 0.2) is 0 Å². The molecule has 5 rings (SSSR count). The number of fused-ring (bicyclic) bond motifs is 2. The third-order valence-electron chi connectivity index (χ3n) is 5.58. The zero-order valence-corrected chi connectivity index (χ0v) is 16.1. The van der Waals surface area contributed by atoms with E-state index < -0.39 is 12.2 Å². The minimum atomic E-state index is -0.685. The lowest BCUT2D eigenvalue weighted by atomic mass is 10.1. The maximum absolute atomic E-state index is 12.9. The molecule has 3 heterocycles. The molecule has 1 amide bonds. The lowest BCUT2D eigenvalue weighted by Crippen LogP contribution is -2.46. The molecule has 4 atom stereocenters. The topological polar surface area (TPSA) is 103 Å². The number of benzene rings is 2. The van der Waals surface area contributed by atoms with Gasteiger partial charge >= 0.3 is 0 Å². The summed E-state index contributed by atoms with van der Waals surface area (Å²) in [6, 6.07) is 16.4. The van der Waals surface area contributed by atoms with Crippen LogP contribution in [0.2, 0.25) is 0 Å². The van der Waals surface area contributed by atoms with E-state index in [0.29, 0.717) is 11.1 Å². The quantitative estimate of drug-likeness (QED) is 0.660. The van der Waals surface area contributed by atoms with E-state index in [0.717, 1.165) is 10.9 Å². The van der Waals surface area contributed by atoms with E-state index >= 15 is 0 Å². The van der Waals surface area contributed by atoms with Crippen LogP contribution >= 0.6 is 0 Å². The van der Waals surface area contributed by atoms with Gasteiger partial charge in [0, 0.05) is 10.9 Å². The molecule has 3 aromatic rings. The Morgan fingerprint density at radius 1 is 1.03 bits per heavy atom. The molecule has 1 aromatic heterocycles. The molecule has 0 saturated carbocycles. The fraction of sp³-hybridized carbons (Fsp3) is 0.318. The zero-order chi connectivity index (χ0) is 20.7. The van der Waals surface area contributed by atoms with E-state index in [9.17, 15) is 14.7 Å². The number of hydrogen-bond acceptors (Lipinski definition) is 6. The number of aliphatic hydroxyl groups is 1. The monoisotopic (exact) mass is 407 g/mol. The minimum absolute atomic E-state index is 0.188. The van der Waals surface area contributed by atoms with Crippen molar-refractivity contribution in [3.05, 3.63) is 65.0 Å². The molecule has 0 unspecified atom stereocenters. The Labute approximate surface area is 172 Å². The number of carbonyl (C=O) groups excluding carboxylic acids is 1. The fourth-order valence-electron chi connectivity index (χ4n) is 4.14. The molecule has 0 bridgehead atoms. The van der Waals surface area contributed by atoms with Gasteiger partial charge in [0.05, 0.1) is 30.3 Å². The van der Waals surface area contributed by atoms with Gasteiger partial charge in [-0.15, -0.1) is 0 Å². The van der Waals surface area contributed by atoms with Crippen LogP contribution in [-0.2, 0) is 20.8 Å². The van der Waals surface area contributed by atoms with Crippen LogP contribution in [0.25, 0.3) is 22.0 Å². The van der Waals surface area contributed by atoms with E-state index in [1.807, 2.05) is 42.5 Å². The van der Waals surface area contributed by atoms with Crippen LogP contribution in [-0.4, -0.2) is 58.4 Å². The first-order chi connectivity index (χ1) is 14.6. The summed E-state index contributed by atoms with van der Waals surface area (Å²) in [5, 5.41) is 18.4. The van der Waals surface area contributed by atoms with Gasteiger partial charge in [0.2, 0.25) is 5.91 Å². The predicted octanol–water partition coefficient (Wildman–Crippen LogP) is 0.707. The van der Waals surface area contributed by atoms with Crippen LogP contribution in [0.4, 0.5) is 0 Å². The number of nitrogens with zero attached hydrogens (tertiary/aromatic N) is 2. The highest BCUT2D eigenvalue weighted by molar-refractivity contribution is 5.93. The van der Waals surface area contributed by atoms with Gasteiger partial charge in [-0.25, -0.2) is 4.68 Å². The predicted molar refractivity (Wildman–Crippen MR) is 109 cm³/mol. The maximum Gasteiger partial charge on any atom is 0.275 e. The summed E-state index contributed by atoms with van der Waals surface area (Å²) in [5.41, 5.74) is 1.18. The van der Waals surface area contributed by atoms with Gasteiger partial charge in [-0.1, -0.05) is 48.5 Å². The molecule has 2 N–H and O–H groups in total. The first kappa shape index (κ1) is 18.9. The van der Waals surface area contributed by atoms with Gasteiger partial charge in [-0.3, -0.25) is 9.59 Å². The number of amides is 1. The summed E-state index contributed by atoms with van der Waals surface area (Å²) < 4.78 is 12.3. The second kappa shape index (κ2) is 7.64. The van der Waals surface area contributed by atoms with E-state index in [1.165, 1.54) is 4.68 Å². The standard InChI is InChI=1S/C22H21N3O5/c26-17-12-30-20-16(11-29-21(17)20)23-18(27)10-25-22(28)15-9-5-4-8-14(15)19(24-25)13-6-2-1-3-7-13/h1-9,16-17,20-21,26H,10-12H2,(H,23,27)/t16-,17-,20-,21-/m1/s1. The molecule has 2 aliphatic rings. The van der Waals surface area contributed by atoms with Crippen LogP contribution in [0.15, 0.2) is 59.4 Å². The number of hydrogen-bond donors (Lipinski definition) is 2. The van der Waals surface area contributed by atoms with E-state index in [1.54, 1.807) is 12.1 Å². The highest BCUT2D eigenvalue weighted by atomic mass is 16.6. The summed E-state index contributed by atoms with van der Waals surface area (Å²) in [6.07, 6.45) is -1.50. The Morgan fingerprint density at radius 2 is 1.73 bits per heavy atom. The van der Waals surface area contributed by atoms with E-state index in [2.05, 4.69) is 10.4 Å². The van der Waals surface area contributed by atoms with Crippen molar-refractivity contribution >= 4 is 16.7 Å². The number of ether oxygens (including phenoxy) is 2. The molecule has 30 heavy (non-hydrogen) atoms. The average Bonchev–Trinajstić information content (AvgIpc) is 3.34. The molecule has 8 heteroatoms. The lowest BCUT2D eigenvalue weighted by molar-refractivity contribution is -0.123. The number of carbonyl (C=O) groups is 1. The van der Waals surface area contributed by atoms with Crippen molar-refractivity contribution < 1.29 is 19.4 Å². The smallest absolute Gasteiger partial charge is 0.275 e. The Kier molecular flexibility index (Phi) is 4.82. The highest BCUT2D eigenvalue weighted by Gasteiger charge is 2.47. The Hall–Kier alpha value is -3.07. The van der Waals surface area contributed by atoms with Crippen molar-refractivity contribution in [1.29, 1.82) is 0 Å². The van der Waals surface area contributed by atoms with Crippen molar-refractivity contribution in [2.75, 3.05) is 13.2 Å². The summed E-state index contributed by atoms with van der Waals surface area (Å²) in [4.78, 5) is 25.6. The van der Waals surface area contributed by atoms with Crippen molar-refractivity contribution in [2.45, 2.75) is 30.9 Å². The van der Waals surface area contributed by atoms with Crippen LogP contribution < -0.4 is 10.9 Å². The lowest BCUT2D eigenvalue weighted by Gasteiger charge is -2.18. The summed E-state index contributed by atoms with van der Waals surface area (Å²) in [5.74, 6) is -0.363. The summed E-state index contributed by atoms with van der Waals surface area (Å²) in [6.45, 7) is 0.223. The van der Waals surface area contributed by atoms with Crippen molar-refractivity contribution in [2.24, 2.45) is 0 Å². The van der Waals surface area contributed by atoms with Crippen molar-refractivity contribution in [3.63, 3.8) is 0 Å². The Balaban J connectivity index is 1.44. The van der Waals surface area contributed by atoms with Gasteiger partial charge < -0.3 is 19.9 Å². The first-order valence-electron chi connectivity index (χ1n) is 9.88. The molecule has 0 aliphatic carbocycles. The molecule has 154 valence electrons. The van der Waals surface area contributed by atoms with Gasteiger partial charge in [-0.2, -0.15) is 5.10 Å². The summed E-state index contributed by atoms with van der Waals surface area (Å²) >= 11 is 0. The van der Waals surface area contributed by atoms with E-state index in [4.69, 9.17) is 9.47 Å². The second-order valence-corrected chi connectivity index (χ2v) is 7.56. The number of aromatic nitrogens is 2. The van der Waals surface area contributed by atoms with Crippen LogP contribution in [0.1, 0.15) is 0 Å². The fourth-order valence-corrected chi connectivity index (χ4v) is 4.14. The van der Waals surface area contributed by atoms with Crippen LogP contribution in [0, 0.1) is 0 Å². The molecule has 2 saturated heterocycles. The summed E-state index contributed by atoms with van der Waals surface area (Å²) in [7, 11) is 0. The maximum atomic E-state index is 12.9. The first-order valence-corrected chi connectivity index (χ1v) is 9.88. The zero-order valence-electron chi connectivity index (χ0n) is 16.1. The molecule has 2 aromatic carbocycles. The molecule has 2 aliphatic heterocycles. The Bertz CT molecular complexity index is 1150.